The van der Waals surface area contributed by atoms with E-state index in [0.717, 1.165) is 16.7 Å². The zero-order valence-corrected chi connectivity index (χ0v) is 19.5. The Hall–Kier alpha value is -3.28. The van der Waals surface area contributed by atoms with Gasteiger partial charge in [0.25, 0.3) is 0 Å². The van der Waals surface area contributed by atoms with E-state index in [0.29, 0.717) is 12.3 Å². The van der Waals surface area contributed by atoms with E-state index in [9.17, 15) is 18.3 Å². The number of hydrogen-bond acceptors (Lipinski definition) is 6. The molecule has 10 nitrogen and oxygen atoms in total. The van der Waals surface area contributed by atoms with E-state index >= 15 is 0 Å². The molecule has 3 N–H and O–H groups in total. The number of amides is 1. The Bertz CT molecular complexity index is 1180. The number of nitrogens with zero attached hydrogens (tertiary/aromatic N) is 3. The van der Waals surface area contributed by atoms with Gasteiger partial charge in [0, 0.05) is 20.2 Å². The van der Waals surface area contributed by atoms with Crippen LogP contribution in [-0.4, -0.2) is 60.2 Å². The smallest absolute Gasteiger partial charge is 0.407 e. The number of ether oxygens (including phenoxy) is 1. The fourth-order valence-electron chi connectivity index (χ4n) is 3.29. The molecule has 1 aromatic heterocycles. The molecule has 0 atom stereocenters. The van der Waals surface area contributed by atoms with Gasteiger partial charge in [0.05, 0.1) is 28.9 Å². The van der Waals surface area contributed by atoms with Crippen LogP contribution in [0, 0.1) is 0 Å². The first-order valence-corrected chi connectivity index (χ1v) is 11.7. The van der Waals surface area contributed by atoms with Crippen LogP contribution in [-0.2, 0) is 26.8 Å². The third kappa shape index (κ3) is 6.15. The van der Waals surface area contributed by atoms with E-state index in [1.54, 1.807) is 26.0 Å². The van der Waals surface area contributed by atoms with Crippen molar-refractivity contribution in [3.8, 4) is 11.1 Å². The topological polar surface area (TPSA) is 138 Å². The number of carboxylic acid groups (broad SMARTS) is 1. The number of rotatable bonds is 10. The number of aromatic nitrogens is 3. The van der Waals surface area contributed by atoms with Crippen LogP contribution in [0.5, 0.6) is 0 Å². The largest absolute Gasteiger partial charge is 0.465 e. The normalized spacial score (nSPS) is 12.0. The molecule has 3 aromatic rings. The molecular weight excluding hydrogens is 446 g/mol. The number of aromatic amines is 1. The Labute approximate surface area is 192 Å². The van der Waals surface area contributed by atoms with Gasteiger partial charge in [0.2, 0.25) is 10.0 Å². The summed E-state index contributed by atoms with van der Waals surface area (Å²) >= 11 is 0. The SMILES string of the molecule is COCCN(Cc1cccc(-c2ccc(S(=O)(=O)NC(C)(C)c3cnn[nH]3)cc2)c1)C(=O)O. The summed E-state index contributed by atoms with van der Waals surface area (Å²) in [4.78, 5) is 12.9. The van der Waals surface area contributed by atoms with Gasteiger partial charge in [-0.1, -0.05) is 35.5 Å². The lowest BCUT2D eigenvalue weighted by atomic mass is 10.0. The Kier molecular flexibility index (Phi) is 7.46. The van der Waals surface area contributed by atoms with Gasteiger partial charge in [-0.25, -0.2) is 13.2 Å². The first kappa shape index (κ1) is 24.4. The molecule has 1 amide bonds. The van der Waals surface area contributed by atoms with Crippen LogP contribution in [0.3, 0.4) is 0 Å². The number of carbonyl (C=O) groups is 1. The van der Waals surface area contributed by atoms with Crippen LogP contribution in [0.25, 0.3) is 11.1 Å². The van der Waals surface area contributed by atoms with Crippen molar-refractivity contribution in [2.45, 2.75) is 30.8 Å². The van der Waals surface area contributed by atoms with Crippen molar-refractivity contribution >= 4 is 16.1 Å². The van der Waals surface area contributed by atoms with Crippen LogP contribution in [0.15, 0.2) is 59.6 Å². The maximum atomic E-state index is 12.9. The summed E-state index contributed by atoms with van der Waals surface area (Å²) in [7, 11) is -2.27. The minimum absolute atomic E-state index is 0.125. The van der Waals surface area contributed by atoms with Gasteiger partial charge in [0.15, 0.2) is 0 Å². The minimum Gasteiger partial charge on any atom is -0.465 e. The number of nitrogens with one attached hydrogen (secondary N) is 2. The van der Waals surface area contributed by atoms with Gasteiger partial charge < -0.3 is 14.7 Å². The lowest BCUT2D eigenvalue weighted by Crippen LogP contribution is -2.41. The molecule has 3 rings (SSSR count). The standard InChI is InChI=1S/C22H27N5O5S/c1-22(2,20-14-23-26-24-20)25-33(30,31)19-9-7-17(8-10-19)18-6-4-5-16(13-18)15-27(21(28)29)11-12-32-3/h4-10,13-14,25H,11-12,15H2,1-3H3,(H,28,29)(H,23,24,26). The highest BCUT2D eigenvalue weighted by Gasteiger charge is 2.29. The van der Waals surface area contributed by atoms with Crippen molar-refractivity contribution in [2.24, 2.45) is 0 Å². The van der Waals surface area contributed by atoms with Gasteiger partial charge in [-0.15, -0.1) is 5.10 Å². The van der Waals surface area contributed by atoms with Crippen molar-refractivity contribution < 1.29 is 23.1 Å². The second-order valence-electron chi connectivity index (χ2n) is 8.02. The first-order chi connectivity index (χ1) is 15.6. The molecule has 1 heterocycles. The molecular formula is C22H27N5O5S. The fraction of sp³-hybridized carbons (Fsp3) is 0.318. The summed E-state index contributed by atoms with van der Waals surface area (Å²) < 4.78 is 33.4. The summed E-state index contributed by atoms with van der Waals surface area (Å²) in [6.45, 7) is 4.23. The van der Waals surface area contributed by atoms with Crippen molar-refractivity contribution in [3.05, 3.63) is 66.0 Å². The van der Waals surface area contributed by atoms with Gasteiger partial charge in [-0.3, -0.25) is 5.10 Å². The summed E-state index contributed by atoms with van der Waals surface area (Å²) in [5, 5.41) is 19.4. The van der Waals surface area contributed by atoms with Crippen molar-refractivity contribution in [1.82, 2.24) is 25.0 Å². The zero-order valence-electron chi connectivity index (χ0n) is 18.6. The Balaban J connectivity index is 1.77. The Morgan fingerprint density at radius 1 is 1.18 bits per heavy atom. The predicted molar refractivity (Wildman–Crippen MR) is 122 cm³/mol. The van der Waals surface area contributed by atoms with Gasteiger partial charge in [0.1, 0.15) is 0 Å². The molecule has 176 valence electrons. The molecule has 0 saturated carbocycles. The molecule has 0 saturated heterocycles. The van der Waals surface area contributed by atoms with Crippen LogP contribution in [0.2, 0.25) is 0 Å². The summed E-state index contributed by atoms with van der Waals surface area (Å²) in [6, 6.07) is 14.0. The molecule has 33 heavy (non-hydrogen) atoms. The maximum absolute atomic E-state index is 12.9. The second-order valence-corrected chi connectivity index (χ2v) is 9.70. The van der Waals surface area contributed by atoms with Crippen LogP contribution >= 0.6 is 0 Å². The van der Waals surface area contributed by atoms with Crippen molar-refractivity contribution in [3.63, 3.8) is 0 Å². The molecule has 11 heteroatoms. The van der Waals surface area contributed by atoms with Gasteiger partial charge in [-0.2, -0.15) is 4.72 Å². The third-order valence-corrected chi connectivity index (χ3v) is 6.78. The molecule has 0 unspecified atom stereocenters. The maximum Gasteiger partial charge on any atom is 0.407 e. The Morgan fingerprint density at radius 3 is 2.52 bits per heavy atom. The highest BCUT2D eigenvalue weighted by atomic mass is 32.2. The van der Waals surface area contributed by atoms with E-state index in [4.69, 9.17) is 4.74 Å². The van der Waals surface area contributed by atoms with E-state index in [2.05, 4.69) is 20.1 Å². The third-order valence-electron chi connectivity index (χ3n) is 5.11. The highest BCUT2D eigenvalue weighted by Crippen LogP contribution is 2.25. The highest BCUT2D eigenvalue weighted by molar-refractivity contribution is 7.89. The molecule has 0 aliphatic heterocycles. The molecule has 0 spiro atoms. The van der Waals surface area contributed by atoms with Crippen LogP contribution < -0.4 is 4.72 Å². The number of methoxy groups -OCH3 is 1. The molecule has 0 radical (unpaired) electrons. The molecule has 0 aliphatic carbocycles. The quantitative estimate of drug-likeness (QED) is 0.412. The van der Waals surface area contributed by atoms with E-state index < -0.39 is 21.7 Å². The number of hydrogen-bond donors (Lipinski definition) is 3. The fourth-order valence-corrected chi connectivity index (χ4v) is 4.68. The number of sulfonamides is 1. The molecule has 0 aliphatic rings. The summed E-state index contributed by atoms with van der Waals surface area (Å²) in [6.07, 6.45) is 0.452. The van der Waals surface area contributed by atoms with Crippen LogP contribution in [0.4, 0.5) is 4.79 Å². The van der Waals surface area contributed by atoms with E-state index in [1.165, 1.54) is 30.3 Å². The monoisotopic (exact) mass is 473 g/mol. The Morgan fingerprint density at radius 2 is 1.91 bits per heavy atom. The predicted octanol–water partition coefficient (Wildman–Crippen LogP) is 2.81. The van der Waals surface area contributed by atoms with Gasteiger partial charge >= 0.3 is 6.09 Å². The zero-order chi connectivity index (χ0) is 24.1. The minimum atomic E-state index is -3.79. The average Bonchev–Trinajstić information content (AvgIpc) is 3.32. The summed E-state index contributed by atoms with van der Waals surface area (Å²) in [5.74, 6) is 0. The van der Waals surface area contributed by atoms with Crippen molar-refractivity contribution in [1.29, 1.82) is 0 Å². The molecule has 2 aromatic carbocycles. The summed E-state index contributed by atoms with van der Waals surface area (Å²) in [5.41, 5.74) is 2.10. The van der Waals surface area contributed by atoms with Crippen molar-refractivity contribution in [2.75, 3.05) is 20.3 Å². The second kappa shape index (κ2) is 10.1. The number of benzene rings is 2. The lowest BCUT2D eigenvalue weighted by molar-refractivity contribution is 0.115. The average molecular weight is 474 g/mol. The van der Waals surface area contributed by atoms with E-state index in [1.807, 2.05) is 24.3 Å². The number of H-pyrrole nitrogens is 1. The lowest BCUT2D eigenvalue weighted by Gasteiger charge is -2.24. The van der Waals surface area contributed by atoms with Gasteiger partial charge in [-0.05, 0) is 48.7 Å². The first-order valence-electron chi connectivity index (χ1n) is 10.2. The molecule has 0 fully saturated rings. The van der Waals surface area contributed by atoms with E-state index in [-0.39, 0.29) is 18.0 Å². The van der Waals surface area contributed by atoms with Crippen LogP contribution in [0.1, 0.15) is 25.1 Å². The molecule has 0 bridgehead atoms.